The van der Waals surface area contributed by atoms with Crippen LogP contribution in [-0.4, -0.2) is 39.8 Å². The van der Waals surface area contributed by atoms with E-state index < -0.39 is 5.97 Å². The quantitative estimate of drug-likeness (QED) is 0.548. The van der Waals surface area contributed by atoms with Crippen molar-refractivity contribution >= 4 is 17.0 Å². The molecule has 0 spiro atoms. The maximum atomic E-state index is 11.1. The molecule has 128 valence electrons. The molecule has 7 heteroatoms. The van der Waals surface area contributed by atoms with Crippen LogP contribution in [0, 0.1) is 0 Å². The van der Waals surface area contributed by atoms with Gasteiger partial charge < -0.3 is 14.6 Å². The van der Waals surface area contributed by atoms with Gasteiger partial charge in [-0.2, -0.15) is 0 Å². The van der Waals surface area contributed by atoms with Crippen LogP contribution in [0.25, 0.3) is 16.7 Å². The van der Waals surface area contributed by atoms with Crippen molar-refractivity contribution in [3.63, 3.8) is 0 Å². The van der Waals surface area contributed by atoms with E-state index in [1.54, 1.807) is 43.5 Å². The lowest BCUT2D eigenvalue weighted by molar-refractivity contribution is -0.137. The molecule has 0 aliphatic rings. The van der Waals surface area contributed by atoms with Crippen LogP contribution in [0.5, 0.6) is 11.5 Å². The van der Waals surface area contributed by atoms with Gasteiger partial charge in [0.15, 0.2) is 0 Å². The van der Waals surface area contributed by atoms with Crippen molar-refractivity contribution in [1.29, 1.82) is 0 Å². The Hall–Kier alpha value is -3.35. The van der Waals surface area contributed by atoms with Gasteiger partial charge in [0.1, 0.15) is 28.2 Å². The van der Waals surface area contributed by atoms with Crippen LogP contribution in [0.15, 0.2) is 49.1 Å². The maximum absolute atomic E-state index is 11.1. The molecule has 3 rings (SSSR count). The van der Waals surface area contributed by atoms with E-state index >= 15 is 0 Å². The molecule has 3 aromatic rings. The normalized spacial score (nSPS) is 10.6. The zero-order valence-electron chi connectivity index (χ0n) is 13.7. The molecule has 0 amide bonds. The Morgan fingerprint density at radius 3 is 2.80 bits per heavy atom. The Bertz CT molecular complexity index is 933. The molecule has 0 radical (unpaired) electrons. The summed E-state index contributed by atoms with van der Waals surface area (Å²) >= 11 is 0. The van der Waals surface area contributed by atoms with Gasteiger partial charge in [0.05, 0.1) is 13.7 Å². The molecule has 0 aliphatic carbocycles. The van der Waals surface area contributed by atoms with E-state index in [2.05, 4.69) is 16.8 Å². The highest BCUT2D eigenvalue weighted by molar-refractivity contribution is 5.81. The number of esters is 1. The zero-order valence-corrected chi connectivity index (χ0v) is 13.7. The summed E-state index contributed by atoms with van der Waals surface area (Å²) in [5.74, 6) is 0.272. The molecule has 0 atom stereocenters. The number of phenolic OH excluding ortho intramolecular Hbond substituents is 1. The Morgan fingerprint density at radius 1 is 1.24 bits per heavy atom. The van der Waals surface area contributed by atoms with Gasteiger partial charge in [0.2, 0.25) is 0 Å². The Labute approximate surface area is 144 Å². The highest BCUT2D eigenvalue weighted by Crippen LogP contribution is 2.24. The second-order valence-corrected chi connectivity index (χ2v) is 5.29. The average Bonchev–Trinajstić information content (AvgIpc) is 3.05. The third-order valence-corrected chi connectivity index (χ3v) is 3.64. The molecule has 2 aromatic carbocycles. The number of fused-ring (bicyclic) bond motifs is 1. The Morgan fingerprint density at radius 2 is 2.04 bits per heavy atom. The summed E-state index contributed by atoms with van der Waals surface area (Å²) in [7, 11) is 1.58. The molecule has 1 N–H and O–H groups in total. The number of hydrogen-bond donors (Lipinski definition) is 1. The fourth-order valence-electron chi connectivity index (χ4n) is 2.34. The van der Waals surface area contributed by atoms with Gasteiger partial charge in [0, 0.05) is 18.6 Å². The largest absolute Gasteiger partial charge is 0.506 e. The Balaban J connectivity index is 1.87. The first-order chi connectivity index (χ1) is 12.1. The van der Waals surface area contributed by atoms with E-state index in [0.717, 1.165) is 11.6 Å². The Kier molecular flexibility index (Phi) is 4.65. The van der Waals surface area contributed by atoms with Crippen LogP contribution < -0.4 is 4.74 Å². The molecule has 1 heterocycles. The topological polar surface area (TPSA) is 86.5 Å². The standard InChI is InChI=1S/C18H17N3O4/c1-3-18(23)25-9-8-12-4-7-17(22)16(10-12)21-19-14-6-5-13(24-2)11-15(14)20-21/h3-7,10-11,22H,1,8-9H2,2H3. The van der Waals surface area contributed by atoms with E-state index in [9.17, 15) is 9.90 Å². The molecular formula is C18H17N3O4. The summed E-state index contributed by atoms with van der Waals surface area (Å²) < 4.78 is 10.2. The number of aromatic nitrogens is 3. The molecule has 1 aromatic heterocycles. The lowest BCUT2D eigenvalue weighted by Gasteiger charge is -2.07. The predicted molar refractivity (Wildman–Crippen MR) is 91.9 cm³/mol. The molecule has 0 saturated heterocycles. The fourth-order valence-corrected chi connectivity index (χ4v) is 2.34. The monoisotopic (exact) mass is 339 g/mol. The summed E-state index contributed by atoms with van der Waals surface area (Å²) in [6.07, 6.45) is 1.62. The van der Waals surface area contributed by atoms with E-state index in [1.807, 2.05) is 0 Å². The molecule has 0 bridgehead atoms. The van der Waals surface area contributed by atoms with Gasteiger partial charge in [-0.05, 0) is 29.8 Å². The van der Waals surface area contributed by atoms with Crippen molar-refractivity contribution in [2.24, 2.45) is 0 Å². The van der Waals surface area contributed by atoms with Crippen LogP contribution in [-0.2, 0) is 16.0 Å². The van der Waals surface area contributed by atoms with E-state index in [4.69, 9.17) is 9.47 Å². The number of benzene rings is 2. The summed E-state index contributed by atoms with van der Waals surface area (Å²) in [5, 5.41) is 18.9. The van der Waals surface area contributed by atoms with Gasteiger partial charge in [-0.1, -0.05) is 12.6 Å². The van der Waals surface area contributed by atoms with Crippen LogP contribution >= 0.6 is 0 Å². The highest BCUT2D eigenvalue weighted by Gasteiger charge is 2.11. The second kappa shape index (κ2) is 7.04. The third-order valence-electron chi connectivity index (χ3n) is 3.64. The number of nitrogens with zero attached hydrogens (tertiary/aromatic N) is 3. The van der Waals surface area contributed by atoms with Crippen molar-refractivity contribution in [2.45, 2.75) is 6.42 Å². The van der Waals surface area contributed by atoms with E-state index in [0.29, 0.717) is 28.9 Å². The number of methoxy groups -OCH3 is 1. The average molecular weight is 339 g/mol. The minimum absolute atomic E-state index is 0.0547. The van der Waals surface area contributed by atoms with E-state index in [1.165, 1.54) is 4.80 Å². The summed E-state index contributed by atoms with van der Waals surface area (Å²) in [4.78, 5) is 12.5. The first-order valence-corrected chi connectivity index (χ1v) is 7.63. The number of ether oxygens (including phenoxy) is 2. The van der Waals surface area contributed by atoms with Gasteiger partial charge in [-0.15, -0.1) is 15.0 Å². The SMILES string of the molecule is C=CC(=O)OCCc1ccc(O)c(-n2nc3ccc(OC)cc3n2)c1. The van der Waals surface area contributed by atoms with Gasteiger partial charge in [-0.3, -0.25) is 0 Å². The van der Waals surface area contributed by atoms with Crippen molar-refractivity contribution < 1.29 is 19.4 Å². The van der Waals surface area contributed by atoms with Gasteiger partial charge >= 0.3 is 5.97 Å². The molecule has 7 nitrogen and oxygen atoms in total. The minimum atomic E-state index is -0.465. The second-order valence-electron chi connectivity index (χ2n) is 5.29. The van der Waals surface area contributed by atoms with Gasteiger partial charge in [-0.25, -0.2) is 4.79 Å². The predicted octanol–water partition coefficient (Wildman–Crippen LogP) is 2.41. The number of rotatable bonds is 6. The first-order valence-electron chi connectivity index (χ1n) is 7.63. The highest BCUT2D eigenvalue weighted by atomic mass is 16.5. The summed E-state index contributed by atoms with van der Waals surface area (Å²) in [6, 6.07) is 10.4. The van der Waals surface area contributed by atoms with Crippen molar-refractivity contribution in [1.82, 2.24) is 15.0 Å². The maximum Gasteiger partial charge on any atom is 0.330 e. The number of carbonyl (C=O) groups is 1. The number of carbonyl (C=O) groups excluding carboxylic acids is 1. The third kappa shape index (κ3) is 3.60. The lowest BCUT2D eigenvalue weighted by Crippen LogP contribution is -2.05. The molecular weight excluding hydrogens is 322 g/mol. The van der Waals surface area contributed by atoms with E-state index in [-0.39, 0.29) is 12.4 Å². The van der Waals surface area contributed by atoms with Crippen LogP contribution in [0.3, 0.4) is 0 Å². The molecule has 0 saturated carbocycles. The molecule has 25 heavy (non-hydrogen) atoms. The molecule has 0 unspecified atom stereocenters. The van der Waals surface area contributed by atoms with Crippen molar-refractivity contribution in [3.8, 4) is 17.2 Å². The molecule has 0 aliphatic heterocycles. The first kappa shape index (κ1) is 16.5. The minimum Gasteiger partial charge on any atom is -0.506 e. The fraction of sp³-hybridized carbons (Fsp3) is 0.167. The smallest absolute Gasteiger partial charge is 0.330 e. The summed E-state index contributed by atoms with van der Waals surface area (Å²) in [6.45, 7) is 3.57. The lowest BCUT2D eigenvalue weighted by atomic mass is 10.1. The number of phenols is 1. The number of aromatic hydroxyl groups is 1. The van der Waals surface area contributed by atoms with Crippen LogP contribution in [0.4, 0.5) is 0 Å². The van der Waals surface area contributed by atoms with Crippen molar-refractivity contribution in [2.75, 3.05) is 13.7 Å². The van der Waals surface area contributed by atoms with Crippen LogP contribution in [0.2, 0.25) is 0 Å². The van der Waals surface area contributed by atoms with Crippen LogP contribution in [0.1, 0.15) is 5.56 Å². The summed E-state index contributed by atoms with van der Waals surface area (Å²) in [5.41, 5.74) is 2.67. The van der Waals surface area contributed by atoms with Crippen molar-refractivity contribution in [3.05, 3.63) is 54.6 Å². The van der Waals surface area contributed by atoms with Gasteiger partial charge in [0.25, 0.3) is 0 Å². The molecule has 0 fully saturated rings. The number of hydrogen-bond acceptors (Lipinski definition) is 6. The zero-order chi connectivity index (χ0) is 17.8.